The van der Waals surface area contributed by atoms with Crippen molar-refractivity contribution in [1.29, 1.82) is 0 Å². The molecule has 1 aliphatic rings. The minimum Gasteiger partial charge on any atom is -0.390 e. The van der Waals surface area contributed by atoms with Gasteiger partial charge in [-0.2, -0.15) is 0 Å². The molecule has 2 aromatic heterocycles. The number of benzene rings is 1. The van der Waals surface area contributed by atoms with E-state index in [-0.39, 0.29) is 23.8 Å². The molecule has 0 radical (unpaired) electrons. The van der Waals surface area contributed by atoms with Crippen LogP contribution in [0.2, 0.25) is 0 Å². The smallest absolute Gasteiger partial charge is 0.180 e. The van der Waals surface area contributed by atoms with Crippen LogP contribution in [0.25, 0.3) is 5.65 Å². The molecule has 27 heavy (non-hydrogen) atoms. The summed E-state index contributed by atoms with van der Waals surface area (Å²) >= 11 is 1.47. The SMILES string of the molecule is O[C@@H]1[C@H](O)CS[C@H]1c1cnc2c(NCCc3c(F)cccc3F)nccn12. The summed E-state index contributed by atoms with van der Waals surface area (Å²) in [4.78, 5) is 8.62. The lowest BCUT2D eigenvalue weighted by molar-refractivity contribution is 0.0411. The van der Waals surface area contributed by atoms with Crippen molar-refractivity contribution in [1.82, 2.24) is 14.4 Å². The zero-order chi connectivity index (χ0) is 19.0. The third-order valence-electron chi connectivity index (χ3n) is 4.63. The first-order valence-corrected chi connectivity index (χ1v) is 9.57. The van der Waals surface area contributed by atoms with Gasteiger partial charge in [-0.3, -0.25) is 4.40 Å². The number of halogens is 2. The van der Waals surface area contributed by atoms with Gasteiger partial charge < -0.3 is 15.5 Å². The number of fused-ring (bicyclic) bond motifs is 1. The summed E-state index contributed by atoms with van der Waals surface area (Å²) in [7, 11) is 0. The van der Waals surface area contributed by atoms with Crippen LogP contribution in [-0.2, 0) is 6.42 Å². The Morgan fingerprint density at radius 3 is 2.70 bits per heavy atom. The number of nitrogens with zero attached hydrogens (tertiary/aromatic N) is 3. The van der Waals surface area contributed by atoms with Gasteiger partial charge in [-0.15, -0.1) is 11.8 Å². The fraction of sp³-hybridized carbons (Fsp3) is 0.333. The Labute approximate surface area is 158 Å². The molecule has 1 aromatic carbocycles. The number of imidazole rings is 1. The molecule has 1 saturated heterocycles. The first-order valence-electron chi connectivity index (χ1n) is 8.52. The Bertz CT molecular complexity index is 947. The van der Waals surface area contributed by atoms with Crippen molar-refractivity contribution >= 4 is 23.2 Å². The zero-order valence-corrected chi connectivity index (χ0v) is 15.0. The minimum atomic E-state index is -0.858. The lowest BCUT2D eigenvalue weighted by atomic mass is 10.1. The minimum absolute atomic E-state index is 0.0282. The van der Waals surface area contributed by atoms with E-state index in [2.05, 4.69) is 15.3 Å². The molecular weight excluding hydrogens is 374 g/mol. The lowest BCUT2D eigenvalue weighted by Crippen LogP contribution is -2.25. The lowest BCUT2D eigenvalue weighted by Gasteiger charge is -2.15. The molecule has 9 heteroatoms. The molecule has 0 spiro atoms. The average Bonchev–Trinajstić information content (AvgIpc) is 3.22. The third kappa shape index (κ3) is 3.38. The number of aromatic nitrogens is 3. The Kier molecular flexibility index (Phi) is 4.98. The Hall–Kier alpha value is -2.23. The van der Waals surface area contributed by atoms with Crippen LogP contribution in [0.5, 0.6) is 0 Å². The summed E-state index contributed by atoms with van der Waals surface area (Å²) < 4.78 is 29.3. The Morgan fingerprint density at radius 2 is 2.00 bits per heavy atom. The zero-order valence-electron chi connectivity index (χ0n) is 14.2. The maximum absolute atomic E-state index is 13.7. The number of aliphatic hydroxyl groups excluding tert-OH is 2. The van der Waals surface area contributed by atoms with Crippen LogP contribution in [0.3, 0.4) is 0 Å². The first kappa shape index (κ1) is 18.1. The monoisotopic (exact) mass is 392 g/mol. The summed E-state index contributed by atoms with van der Waals surface area (Å²) in [6, 6.07) is 3.80. The quantitative estimate of drug-likeness (QED) is 0.617. The van der Waals surface area contributed by atoms with Crippen LogP contribution in [0.15, 0.2) is 36.8 Å². The van der Waals surface area contributed by atoms with Gasteiger partial charge in [-0.05, 0) is 18.6 Å². The van der Waals surface area contributed by atoms with Gasteiger partial charge in [0.1, 0.15) is 11.6 Å². The summed E-state index contributed by atoms with van der Waals surface area (Å²) in [6.45, 7) is 0.284. The van der Waals surface area contributed by atoms with E-state index in [0.717, 1.165) is 5.69 Å². The number of anilines is 1. The molecule has 0 saturated carbocycles. The third-order valence-corrected chi connectivity index (χ3v) is 6.04. The molecule has 6 nitrogen and oxygen atoms in total. The predicted molar refractivity (Wildman–Crippen MR) is 98.8 cm³/mol. The number of thioether (sulfide) groups is 1. The fourth-order valence-electron chi connectivity index (χ4n) is 3.21. The van der Waals surface area contributed by atoms with Crippen LogP contribution in [0, 0.1) is 11.6 Å². The Balaban J connectivity index is 1.53. The van der Waals surface area contributed by atoms with Crippen molar-refractivity contribution < 1.29 is 19.0 Å². The van der Waals surface area contributed by atoms with Crippen LogP contribution in [-0.4, -0.2) is 49.1 Å². The van der Waals surface area contributed by atoms with Gasteiger partial charge in [-0.1, -0.05) is 6.07 Å². The van der Waals surface area contributed by atoms with E-state index >= 15 is 0 Å². The second-order valence-electron chi connectivity index (χ2n) is 6.34. The second-order valence-corrected chi connectivity index (χ2v) is 7.52. The maximum Gasteiger partial charge on any atom is 0.180 e. The highest BCUT2D eigenvalue weighted by atomic mass is 32.2. The van der Waals surface area contributed by atoms with Gasteiger partial charge in [-0.25, -0.2) is 18.7 Å². The second kappa shape index (κ2) is 7.41. The highest BCUT2D eigenvalue weighted by Gasteiger charge is 2.37. The number of rotatable bonds is 5. The first-order chi connectivity index (χ1) is 13.1. The van der Waals surface area contributed by atoms with Crippen molar-refractivity contribution in [2.75, 3.05) is 17.6 Å². The van der Waals surface area contributed by atoms with Gasteiger partial charge in [0.15, 0.2) is 11.5 Å². The molecule has 0 bridgehead atoms. The van der Waals surface area contributed by atoms with Gasteiger partial charge in [0, 0.05) is 30.3 Å². The molecule has 0 amide bonds. The van der Waals surface area contributed by atoms with E-state index in [0.29, 0.717) is 17.2 Å². The van der Waals surface area contributed by atoms with E-state index in [1.165, 1.54) is 30.0 Å². The maximum atomic E-state index is 13.7. The number of hydrogen-bond acceptors (Lipinski definition) is 6. The van der Waals surface area contributed by atoms with Gasteiger partial charge in [0.25, 0.3) is 0 Å². The number of nitrogens with one attached hydrogen (secondary N) is 1. The van der Waals surface area contributed by atoms with Crippen LogP contribution < -0.4 is 5.32 Å². The van der Waals surface area contributed by atoms with Crippen LogP contribution in [0.1, 0.15) is 16.5 Å². The molecular formula is C18H18F2N4O2S. The van der Waals surface area contributed by atoms with Crippen LogP contribution >= 0.6 is 11.8 Å². The van der Waals surface area contributed by atoms with Gasteiger partial charge in [0.2, 0.25) is 0 Å². The topological polar surface area (TPSA) is 82.7 Å². The molecule has 1 fully saturated rings. The van der Waals surface area contributed by atoms with E-state index < -0.39 is 23.8 Å². The molecule has 3 heterocycles. The van der Waals surface area contributed by atoms with Crippen molar-refractivity contribution in [2.24, 2.45) is 0 Å². The highest BCUT2D eigenvalue weighted by molar-refractivity contribution is 7.99. The van der Waals surface area contributed by atoms with Gasteiger partial charge >= 0.3 is 0 Å². The molecule has 0 unspecified atom stereocenters. The summed E-state index contributed by atoms with van der Waals surface area (Å²) in [5.74, 6) is -0.198. The van der Waals surface area contributed by atoms with Crippen molar-refractivity contribution in [3.8, 4) is 0 Å². The average molecular weight is 392 g/mol. The van der Waals surface area contributed by atoms with E-state index in [1.807, 2.05) is 0 Å². The largest absolute Gasteiger partial charge is 0.390 e. The molecule has 3 N–H and O–H groups in total. The number of aliphatic hydroxyl groups is 2. The van der Waals surface area contributed by atoms with Crippen LogP contribution in [0.4, 0.5) is 14.6 Å². The molecule has 1 aliphatic heterocycles. The van der Waals surface area contributed by atoms with Gasteiger partial charge in [0.05, 0.1) is 29.3 Å². The van der Waals surface area contributed by atoms with E-state index in [9.17, 15) is 19.0 Å². The fourth-order valence-corrected chi connectivity index (χ4v) is 4.54. The standard InChI is InChI=1S/C18H18F2N4O2S/c19-11-2-1-3-12(20)10(11)4-5-21-17-18-23-8-13(24(18)7-6-22-17)16-15(26)14(25)9-27-16/h1-3,6-8,14-16,25-26H,4-5,9H2,(H,21,22)/t14-,15-,16+/m1/s1. The van der Waals surface area contributed by atoms with E-state index in [1.54, 1.807) is 23.0 Å². The molecule has 142 valence electrons. The Morgan fingerprint density at radius 1 is 1.22 bits per heavy atom. The normalized spacial score (nSPS) is 22.4. The van der Waals surface area contributed by atoms with E-state index in [4.69, 9.17) is 0 Å². The molecule has 0 aliphatic carbocycles. The van der Waals surface area contributed by atoms with Crippen molar-refractivity contribution in [3.63, 3.8) is 0 Å². The molecule has 3 aromatic rings. The van der Waals surface area contributed by atoms with Crippen molar-refractivity contribution in [3.05, 3.63) is 59.7 Å². The summed E-state index contributed by atoms with van der Waals surface area (Å²) in [5, 5.41) is 22.7. The predicted octanol–water partition coefficient (Wildman–Crippen LogP) is 2.17. The summed E-state index contributed by atoms with van der Waals surface area (Å²) in [5.41, 5.74) is 1.35. The molecule has 3 atom stereocenters. The highest BCUT2D eigenvalue weighted by Crippen LogP contribution is 2.40. The molecule has 4 rings (SSSR count). The summed E-state index contributed by atoms with van der Waals surface area (Å²) in [6.07, 6.45) is 3.52. The number of hydrogen-bond donors (Lipinski definition) is 3. The van der Waals surface area contributed by atoms with Crippen molar-refractivity contribution in [2.45, 2.75) is 23.9 Å².